The SMILES string of the molecule is CN(CC(=O)NCCN1C(=O)S/C(=C/c2ccc3c(c2)OCO3)C1=O)C(=O)OC(C)(C)C. The second-order valence-electron chi connectivity index (χ2n) is 8.13. The summed E-state index contributed by atoms with van der Waals surface area (Å²) in [7, 11) is 1.45. The van der Waals surface area contributed by atoms with Gasteiger partial charge in [-0.15, -0.1) is 0 Å². The van der Waals surface area contributed by atoms with E-state index in [1.807, 2.05) is 0 Å². The second-order valence-corrected chi connectivity index (χ2v) is 9.13. The Bertz CT molecular complexity index is 971. The zero-order valence-corrected chi connectivity index (χ0v) is 19.1. The summed E-state index contributed by atoms with van der Waals surface area (Å²) in [4.78, 5) is 51.3. The molecule has 2 aliphatic heterocycles. The molecule has 1 aromatic carbocycles. The van der Waals surface area contributed by atoms with E-state index in [-0.39, 0.29) is 31.3 Å². The first-order valence-corrected chi connectivity index (χ1v) is 10.7. The Kier molecular flexibility index (Phi) is 6.97. The van der Waals surface area contributed by atoms with Crippen LogP contribution in [0, 0.1) is 0 Å². The van der Waals surface area contributed by atoms with Crippen molar-refractivity contribution in [3.05, 3.63) is 28.7 Å². The quantitative estimate of drug-likeness (QED) is 0.640. The van der Waals surface area contributed by atoms with E-state index in [0.717, 1.165) is 21.6 Å². The molecule has 32 heavy (non-hydrogen) atoms. The molecular weight excluding hydrogens is 438 g/mol. The highest BCUT2D eigenvalue weighted by Crippen LogP contribution is 2.36. The first-order chi connectivity index (χ1) is 15.0. The van der Waals surface area contributed by atoms with Crippen LogP contribution in [-0.4, -0.2) is 72.0 Å². The maximum atomic E-state index is 12.6. The van der Waals surface area contributed by atoms with E-state index in [2.05, 4.69) is 5.32 Å². The predicted molar refractivity (Wildman–Crippen MR) is 117 cm³/mol. The maximum Gasteiger partial charge on any atom is 0.410 e. The number of carbonyl (C=O) groups is 4. The summed E-state index contributed by atoms with van der Waals surface area (Å²) in [5.41, 5.74) is 0.0418. The molecule has 0 bridgehead atoms. The molecule has 0 aromatic heterocycles. The fourth-order valence-electron chi connectivity index (χ4n) is 2.83. The van der Waals surface area contributed by atoms with Crippen LogP contribution in [0.25, 0.3) is 6.08 Å². The van der Waals surface area contributed by atoms with Gasteiger partial charge in [0, 0.05) is 20.1 Å². The van der Waals surface area contributed by atoms with Gasteiger partial charge in [0.1, 0.15) is 12.1 Å². The van der Waals surface area contributed by atoms with Crippen LogP contribution in [-0.2, 0) is 14.3 Å². The first kappa shape index (κ1) is 23.5. The number of hydrogen-bond donors (Lipinski definition) is 1. The summed E-state index contributed by atoms with van der Waals surface area (Å²) in [5, 5.41) is 2.18. The van der Waals surface area contributed by atoms with Crippen molar-refractivity contribution in [2.75, 3.05) is 33.5 Å². The number of thioether (sulfide) groups is 1. The number of hydrogen-bond acceptors (Lipinski definition) is 8. The molecular formula is C21H25N3O7S. The molecule has 0 atom stereocenters. The second kappa shape index (κ2) is 9.51. The van der Waals surface area contributed by atoms with E-state index in [0.29, 0.717) is 17.1 Å². The highest BCUT2D eigenvalue weighted by molar-refractivity contribution is 8.18. The van der Waals surface area contributed by atoms with E-state index in [9.17, 15) is 19.2 Å². The van der Waals surface area contributed by atoms with Crippen LogP contribution < -0.4 is 14.8 Å². The lowest BCUT2D eigenvalue weighted by Crippen LogP contribution is -2.43. The summed E-state index contributed by atoms with van der Waals surface area (Å²) in [5.74, 6) is 0.347. The van der Waals surface area contributed by atoms with Crippen molar-refractivity contribution in [2.24, 2.45) is 0 Å². The highest BCUT2D eigenvalue weighted by Gasteiger charge is 2.34. The van der Waals surface area contributed by atoms with E-state index < -0.39 is 28.7 Å². The van der Waals surface area contributed by atoms with Crippen molar-refractivity contribution in [1.29, 1.82) is 0 Å². The molecule has 2 aliphatic rings. The lowest BCUT2D eigenvalue weighted by Gasteiger charge is -2.24. The monoisotopic (exact) mass is 463 g/mol. The van der Waals surface area contributed by atoms with Gasteiger partial charge in [-0.3, -0.25) is 19.3 Å². The molecule has 0 aliphatic carbocycles. The molecule has 1 saturated heterocycles. The average molecular weight is 464 g/mol. The molecule has 0 radical (unpaired) electrons. The Morgan fingerprint density at radius 2 is 1.97 bits per heavy atom. The topological polar surface area (TPSA) is 114 Å². The van der Waals surface area contributed by atoms with Crippen LogP contribution in [0.15, 0.2) is 23.1 Å². The van der Waals surface area contributed by atoms with Crippen molar-refractivity contribution in [3.63, 3.8) is 0 Å². The summed E-state index contributed by atoms with van der Waals surface area (Å²) in [6.07, 6.45) is 0.994. The first-order valence-electron chi connectivity index (χ1n) is 9.89. The molecule has 172 valence electrons. The number of ether oxygens (including phenoxy) is 3. The zero-order chi connectivity index (χ0) is 23.5. The summed E-state index contributed by atoms with van der Waals surface area (Å²) < 4.78 is 15.8. The number of likely N-dealkylation sites (N-methyl/N-ethyl adjacent to an activating group) is 1. The largest absolute Gasteiger partial charge is 0.454 e. The van der Waals surface area contributed by atoms with Crippen molar-refractivity contribution in [3.8, 4) is 11.5 Å². The number of imide groups is 1. The summed E-state index contributed by atoms with van der Waals surface area (Å²) >= 11 is 0.833. The van der Waals surface area contributed by atoms with Crippen LogP contribution in [0.3, 0.4) is 0 Å². The van der Waals surface area contributed by atoms with Gasteiger partial charge in [0.05, 0.1) is 4.91 Å². The third-order valence-electron chi connectivity index (χ3n) is 4.31. The fraction of sp³-hybridized carbons (Fsp3) is 0.429. The minimum atomic E-state index is -0.665. The predicted octanol–water partition coefficient (Wildman–Crippen LogP) is 2.43. The molecule has 2 heterocycles. The van der Waals surface area contributed by atoms with Crippen LogP contribution in [0.1, 0.15) is 26.3 Å². The Morgan fingerprint density at radius 3 is 2.69 bits per heavy atom. The Labute approximate surface area is 189 Å². The maximum absolute atomic E-state index is 12.6. The van der Waals surface area contributed by atoms with Gasteiger partial charge in [-0.25, -0.2) is 4.79 Å². The standard InChI is InChI=1S/C21H25N3O7S/c1-21(2,3)31-19(27)23(4)11-17(25)22-7-8-24-18(26)16(32-20(24)28)10-13-5-6-14-15(9-13)30-12-29-14/h5-6,9-10H,7-8,11-12H2,1-4H3,(H,22,25)/b16-10+. The van der Waals surface area contributed by atoms with Gasteiger partial charge in [-0.1, -0.05) is 6.07 Å². The number of nitrogens with zero attached hydrogens (tertiary/aromatic N) is 2. The van der Waals surface area contributed by atoms with Gasteiger partial charge in [0.2, 0.25) is 12.7 Å². The Balaban J connectivity index is 1.49. The zero-order valence-electron chi connectivity index (χ0n) is 18.3. The molecule has 0 saturated carbocycles. The van der Waals surface area contributed by atoms with E-state index in [1.165, 1.54) is 7.05 Å². The minimum Gasteiger partial charge on any atom is -0.454 e. The highest BCUT2D eigenvalue weighted by atomic mass is 32.2. The van der Waals surface area contributed by atoms with Gasteiger partial charge in [-0.05, 0) is 56.3 Å². The lowest BCUT2D eigenvalue weighted by atomic mass is 10.2. The minimum absolute atomic E-state index is 0.0189. The van der Waals surface area contributed by atoms with Crippen molar-refractivity contribution >= 4 is 41.0 Å². The van der Waals surface area contributed by atoms with E-state index in [4.69, 9.17) is 14.2 Å². The summed E-state index contributed by atoms with van der Waals surface area (Å²) in [6.45, 7) is 5.22. The molecule has 10 nitrogen and oxygen atoms in total. The number of fused-ring (bicyclic) bond motifs is 1. The van der Waals surface area contributed by atoms with Gasteiger partial charge < -0.3 is 24.4 Å². The fourth-order valence-corrected chi connectivity index (χ4v) is 3.69. The van der Waals surface area contributed by atoms with Crippen molar-refractivity contribution in [2.45, 2.75) is 26.4 Å². The van der Waals surface area contributed by atoms with Gasteiger partial charge in [0.25, 0.3) is 11.1 Å². The molecule has 0 spiro atoms. The number of rotatable bonds is 6. The third kappa shape index (κ3) is 5.94. The number of nitrogens with one attached hydrogen (secondary N) is 1. The van der Waals surface area contributed by atoms with E-state index >= 15 is 0 Å². The Morgan fingerprint density at radius 1 is 1.25 bits per heavy atom. The third-order valence-corrected chi connectivity index (χ3v) is 5.22. The van der Waals surface area contributed by atoms with E-state index in [1.54, 1.807) is 45.0 Å². The summed E-state index contributed by atoms with van der Waals surface area (Å²) in [6, 6.07) is 5.24. The molecule has 0 unspecified atom stereocenters. The van der Waals surface area contributed by atoms with Gasteiger partial charge in [-0.2, -0.15) is 0 Å². The molecule has 1 fully saturated rings. The number of amides is 4. The lowest BCUT2D eigenvalue weighted by molar-refractivity contribution is -0.124. The smallest absolute Gasteiger partial charge is 0.410 e. The normalized spacial score (nSPS) is 16.5. The molecule has 11 heteroatoms. The molecule has 1 N–H and O–H groups in total. The average Bonchev–Trinajstić information content (AvgIpc) is 3.26. The van der Waals surface area contributed by atoms with Crippen LogP contribution >= 0.6 is 11.8 Å². The molecule has 4 amide bonds. The van der Waals surface area contributed by atoms with Gasteiger partial charge >= 0.3 is 6.09 Å². The van der Waals surface area contributed by atoms with Crippen LogP contribution in [0.2, 0.25) is 0 Å². The van der Waals surface area contributed by atoms with Crippen LogP contribution in [0.5, 0.6) is 11.5 Å². The molecule has 1 aromatic rings. The molecule has 3 rings (SSSR count). The number of benzene rings is 1. The van der Waals surface area contributed by atoms with Crippen molar-refractivity contribution < 1.29 is 33.4 Å². The van der Waals surface area contributed by atoms with Crippen molar-refractivity contribution in [1.82, 2.24) is 15.1 Å². The number of carbonyl (C=O) groups excluding carboxylic acids is 4. The van der Waals surface area contributed by atoms with Crippen LogP contribution in [0.4, 0.5) is 9.59 Å². The van der Waals surface area contributed by atoms with Gasteiger partial charge in [0.15, 0.2) is 11.5 Å². The Hall–Kier alpha value is -3.21.